The van der Waals surface area contributed by atoms with Crippen molar-refractivity contribution in [2.75, 3.05) is 5.43 Å². The van der Waals surface area contributed by atoms with Gasteiger partial charge in [0.2, 0.25) is 0 Å². The molecule has 6 heteroatoms. The first-order valence-corrected chi connectivity index (χ1v) is 6.20. The Balaban J connectivity index is 2.29. The van der Waals surface area contributed by atoms with Gasteiger partial charge in [0.1, 0.15) is 11.6 Å². The van der Waals surface area contributed by atoms with Gasteiger partial charge in [-0.2, -0.15) is 5.10 Å². The highest BCUT2D eigenvalue weighted by Gasteiger charge is 2.13. The predicted octanol–water partition coefficient (Wildman–Crippen LogP) is 4.36. The van der Waals surface area contributed by atoms with Crippen LogP contribution in [0.5, 0.6) is 0 Å². The van der Waals surface area contributed by atoms with Crippen LogP contribution in [0.4, 0.5) is 10.2 Å². The second-order valence-corrected chi connectivity index (χ2v) is 4.53. The summed E-state index contributed by atoms with van der Waals surface area (Å²) in [5.41, 5.74) is 3.59. The zero-order valence-corrected chi connectivity index (χ0v) is 11.5. The number of aromatic nitrogens is 1. The number of anilines is 1. The maximum atomic E-state index is 13.4. The average molecular weight is 298 g/mol. The van der Waals surface area contributed by atoms with Crippen LogP contribution < -0.4 is 5.43 Å². The molecule has 0 saturated carbocycles. The minimum absolute atomic E-state index is 0.0448. The monoisotopic (exact) mass is 297 g/mol. The van der Waals surface area contributed by atoms with Crippen molar-refractivity contribution >= 4 is 34.7 Å². The fraction of sp³-hybridized carbons (Fsp3) is 0.0769. The van der Waals surface area contributed by atoms with Gasteiger partial charge in [0, 0.05) is 11.8 Å². The van der Waals surface area contributed by atoms with E-state index >= 15 is 0 Å². The summed E-state index contributed by atoms with van der Waals surface area (Å²) in [4.78, 5) is 4.05. The van der Waals surface area contributed by atoms with Gasteiger partial charge in [-0.3, -0.25) is 5.43 Å². The van der Waals surface area contributed by atoms with E-state index in [1.165, 1.54) is 12.1 Å². The molecule has 19 heavy (non-hydrogen) atoms. The molecule has 1 heterocycles. The van der Waals surface area contributed by atoms with Crippen LogP contribution in [0.15, 0.2) is 41.6 Å². The molecular formula is C13H10Cl2FN3. The molecule has 0 radical (unpaired) electrons. The second-order valence-electron chi connectivity index (χ2n) is 3.74. The Morgan fingerprint density at radius 1 is 1.26 bits per heavy atom. The topological polar surface area (TPSA) is 37.3 Å². The summed E-state index contributed by atoms with van der Waals surface area (Å²) in [5, 5.41) is 4.39. The predicted molar refractivity (Wildman–Crippen MR) is 76.5 cm³/mol. The van der Waals surface area contributed by atoms with E-state index in [1.54, 1.807) is 25.3 Å². The number of pyridine rings is 1. The van der Waals surface area contributed by atoms with Crippen LogP contribution in [0.3, 0.4) is 0 Å². The molecule has 0 amide bonds. The Hall–Kier alpha value is -1.65. The number of nitrogens with zero attached hydrogens (tertiary/aromatic N) is 2. The van der Waals surface area contributed by atoms with Crippen LogP contribution in [0.25, 0.3) is 0 Å². The van der Waals surface area contributed by atoms with Gasteiger partial charge in [-0.1, -0.05) is 29.3 Å². The first kappa shape index (κ1) is 13.8. The molecule has 0 aliphatic rings. The largest absolute Gasteiger partial charge is 0.261 e. The zero-order chi connectivity index (χ0) is 13.8. The third-order valence-electron chi connectivity index (χ3n) is 2.41. The van der Waals surface area contributed by atoms with Crippen LogP contribution in [0.2, 0.25) is 10.0 Å². The molecule has 2 rings (SSSR count). The molecule has 0 atom stereocenters. The number of halogens is 3. The molecule has 0 aliphatic carbocycles. The Bertz CT molecular complexity index is 615. The van der Waals surface area contributed by atoms with Gasteiger partial charge < -0.3 is 0 Å². The van der Waals surface area contributed by atoms with Crippen LogP contribution in [0, 0.1) is 5.82 Å². The SMILES string of the molecule is C/C(=N/Nc1ccccn1)c1c(Cl)ccc(F)c1Cl. The Morgan fingerprint density at radius 2 is 2.05 bits per heavy atom. The van der Waals surface area contributed by atoms with E-state index in [0.29, 0.717) is 22.1 Å². The number of hydrogen-bond donors (Lipinski definition) is 1. The van der Waals surface area contributed by atoms with Crippen molar-refractivity contribution in [2.45, 2.75) is 6.92 Å². The van der Waals surface area contributed by atoms with Gasteiger partial charge in [-0.05, 0) is 31.2 Å². The fourth-order valence-electron chi connectivity index (χ4n) is 1.48. The molecule has 3 nitrogen and oxygen atoms in total. The van der Waals surface area contributed by atoms with Crippen molar-refractivity contribution in [2.24, 2.45) is 5.10 Å². The lowest BCUT2D eigenvalue weighted by Gasteiger charge is -2.07. The molecule has 98 valence electrons. The summed E-state index contributed by atoms with van der Waals surface area (Å²) in [7, 11) is 0. The molecular weight excluding hydrogens is 288 g/mol. The number of hydrogen-bond acceptors (Lipinski definition) is 3. The number of nitrogens with one attached hydrogen (secondary N) is 1. The molecule has 1 N–H and O–H groups in total. The lowest BCUT2D eigenvalue weighted by Crippen LogP contribution is -2.03. The van der Waals surface area contributed by atoms with Gasteiger partial charge in [-0.15, -0.1) is 0 Å². The lowest BCUT2D eigenvalue weighted by atomic mass is 10.1. The van der Waals surface area contributed by atoms with Crippen molar-refractivity contribution in [3.63, 3.8) is 0 Å². The van der Waals surface area contributed by atoms with Gasteiger partial charge in [-0.25, -0.2) is 9.37 Å². The summed E-state index contributed by atoms with van der Waals surface area (Å²) < 4.78 is 13.4. The van der Waals surface area contributed by atoms with Gasteiger partial charge in [0.15, 0.2) is 0 Å². The van der Waals surface area contributed by atoms with Crippen molar-refractivity contribution in [1.29, 1.82) is 0 Å². The van der Waals surface area contributed by atoms with Crippen molar-refractivity contribution in [3.8, 4) is 0 Å². The maximum Gasteiger partial charge on any atom is 0.146 e. The standard InChI is InChI=1S/C13H10Cl2FN3/c1-8(18-19-11-4-2-3-7-17-11)12-9(14)5-6-10(16)13(12)15/h2-7H,1H3,(H,17,19)/b18-8-. The van der Waals surface area contributed by atoms with E-state index in [-0.39, 0.29) is 5.02 Å². The Kier molecular flexibility index (Phi) is 4.35. The van der Waals surface area contributed by atoms with E-state index in [2.05, 4.69) is 15.5 Å². The highest BCUT2D eigenvalue weighted by Crippen LogP contribution is 2.27. The van der Waals surface area contributed by atoms with Crippen LogP contribution in [-0.4, -0.2) is 10.7 Å². The highest BCUT2D eigenvalue weighted by molar-refractivity contribution is 6.40. The van der Waals surface area contributed by atoms with E-state index in [1.807, 2.05) is 6.07 Å². The third-order valence-corrected chi connectivity index (χ3v) is 3.09. The van der Waals surface area contributed by atoms with Gasteiger partial charge in [0.25, 0.3) is 0 Å². The van der Waals surface area contributed by atoms with Crippen molar-refractivity contribution in [1.82, 2.24) is 4.98 Å². The van der Waals surface area contributed by atoms with E-state index in [9.17, 15) is 4.39 Å². The van der Waals surface area contributed by atoms with Crippen LogP contribution in [-0.2, 0) is 0 Å². The molecule has 0 bridgehead atoms. The highest BCUT2D eigenvalue weighted by atomic mass is 35.5. The third kappa shape index (κ3) is 3.22. The molecule has 1 aromatic heterocycles. The number of hydrazone groups is 1. The molecule has 1 aromatic carbocycles. The Labute approximate surface area is 120 Å². The minimum Gasteiger partial charge on any atom is -0.261 e. The number of rotatable bonds is 3. The van der Waals surface area contributed by atoms with Crippen molar-refractivity contribution < 1.29 is 4.39 Å². The molecule has 0 saturated heterocycles. The second kappa shape index (κ2) is 5.99. The summed E-state index contributed by atoms with van der Waals surface area (Å²) in [6.07, 6.45) is 1.63. The molecule has 0 aliphatic heterocycles. The molecule has 2 aromatic rings. The summed E-state index contributed by atoms with van der Waals surface area (Å²) in [6, 6.07) is 8.03. The smallest absolute Gasteiger partial charge is 0.146 e. The fourth-order valence-corrected chi connectivity index (χ4v) is 2.13. The average Bonchev–Trinajstić information content (AvgIpc) is 2.42. The first-order valence-electron chi connectivity index (χ1n) is 5.45. The van der Waals surface area contributed by atoms with Crippen LogP contribution in [0.1, 0.15) is 12.5 Å². The summed E-state index contributed by atoms with van der Waals surface area (Å²) >= 11 is 11.9. The molecule has 0 spiro atoms. The maximum absolute atomic E-state index is 13.4. The van der Waals surface area contributed by atoms with Crippen LogP contribution >= 0.6 is 23.2 Å². The van der Waals surface area contributed by atoms with E-state index in [0.717, 1.165) is 0 Å². The molecule has 0 unspecified atom stereocenters. The Morgan fingerprint density at radius 3 is 2.74 bits per heavy atom. The summed E-state index contributed by atoms with van der Waals surface area (Å²) in [5.74, 6) is 0.0407. The number of benzene rings is 1. The zero-order valence-electron chi connectivity index (χ0n) is 9.99. The quantitative estimate of drug-likeness (QED) is 0.519. The van der Waals surface area contributed by atoms with Gasteiger partial charge >= 0.3 is 0 Å². The minimum atomic E-state index is -0.534. The van der Waals surface area contributed by atoms with E-state index < -0.39 is 5.82 Å². The molecule has 0 fully saturated rings. The van der Waals surface area contributed by atoms with E-state index in [4.69, 9.17) is 23.2 Å². The van der Waals surface area contributed by atoms with Gasteiger partial charge in [0.05, 0.1) is 15.8 Å². The normalized spacial score (nSPS) is 11.5. The summed E-state index contributed by atoms with van der Waals surface area (Å²) in [6.45, 7) is 1.68. The van der Waals surface area contributed by atoms with Crippen molar-refractivity contribution in [3.05, 3.63) is 58.0 Å². The first-order chi connectivity index (χ1) is 9.09. The lowest BCUT2D eigenvalue weighted by molar-refractivity contribution is 0.628.